The lowest BCUT2D eigenvalue weighted by Gasteiger charge is -2.21. The molecular formula is C16H27NO3S. The van der Waals surface area contributed by atoms with Crippen molar-refractivity contribution in [3.05, 3.63) is 23.8 Å². The lowest BCUT2D eigenvalue weighted by Crippen LogP contribution is -2.27. The Bertz CT molecular complexity index is 451. The number of rotatable bonds is 10. The molecule has 1 rings (SSSR count). The van der Waals surface area contributed by atoms with Gasteiger partial charge in [0.15, 0.2) is 0 Å². The normalized spacial score (nSPS) is 13.7. The minimum atomic E-state index is -0.819. The van der Waals surface area contributed by atoms with Crippen LogP contribution in [0.2, 0.25) is 0 Å². The summed E-state index contributed by atoms with van der Waals surface area (Å²) >= 11 is 0. The fraction of sp³-hybridized carbons (Fsp3) is 0.625. The third-order valence-electron chi connectivity index (χ3n) is 3.34. The minimum absolute atomic E-state index is 0.0357. The molecule has 0 saturated carbocycles. The molecule has 2 unspecified atom stereocenters. The Balaban J connectivity index is 2.91. The van der Waals surface area contributed by atoms with Crippen molar-refractivity contribution in [2.75, 3.05) is 32.3 Å². The predicted molar refractivity (Wildman–Crippen MR) is 88.7 cm³/mol. The molecule has 0 fully saturated rings. The number of hydrogen-bond acceptors (Lipinski definition) is 4. The first-order chi connectivity index (χ1) is 10.2. The first-order valence-corrected chi connectivity index (χ1v) is 8.95. The molecule has 0 bridgehead atoms. The quantitative estimate of drug-likeness (QED) is 0.721. The highest BCUT2D eigenvalue weighted by Crippen LogP contribution is 2.30. The van der Waals surface area contributed by atoms with Crippen molar-refractivity contribution in [3.8, 4) is 11.5 Å². The van der Waals surface area contributed by atoms with E-state index in [1.807, 2.05) is 18.2 Å². The van der Waals surface area contributed by atoms with Crippen LogP contribution in [0.5, 0.6) is 11.5 Å². The zero-order valence-electron chi connectivity index (χ0n) is 13.5. The van der Waals surface area contributed by atoms with Gasteiger partial charge in [-0.1, -0.05) is 26.3 Å². The fourth-order valence-electron chi connectivity index (χ4n) is 2.19. The Morgan fingerprint density at radius 3 is 2.57 bits per heavy atom. The number of nitrogens with one attached hydrogen (secondary N) is 1. The second-order valence-corrected chi connectivity index (χ2v) is 6.50. The molecule has 0 aliphatic heterocycles. The van der Waals surface area contributed by atoms with Crippen molar-refractivity contribution in [1.82, 2.24) is 5.32 Å². The van der Waals surface area contributed by atoms with Crippen molar-refractivity contribution >= 4 is 10.8 Å². The first kappa shape index (κ1) is 18.0. The standard InChI is InChI=1S/C16H27NO3S/c1-5-7-10-21(18)12-15(17-6-2)14-9-8-13(19-3)11-16(14)20-4/h8-9,11,15,17H,5-7,10,12H2,1-4H3. The van der Waals surface area contributed by atoms with E-state index in [2.05, 4.69) is 19.2 Å². The van der Waals surface area contributed by atoms with Crippen molar-refractivity contribution in [1.29, 1.82) is 0 Å². The molecule has 0 radical (unpaired) electrons. The maximum atomic E-state index is 12.2. The molecule has 1 N–H and O–H groups in total. The third-order valence-corrected chi connectivity index (χ3v) is 4.79. The molecule has 4 nitrogen and oxygen atoms in total. The molecule has 0 heterocycles. The van der Waals surface area contributed by atoms with E-state index in [4.69, 9.17) is 9.47 Å². The van der Waals surface area contributed by atoms with E-state index in [1.165, 1.54) is 0 Å². The summed E-state index contributed by atoms with van der Waals surface area (Å²) in [6, 6.07) is 5.81. The first-order valence-electron chi connectivity index (χ1n) is 7.46. The summed E-state index contributed by atoms with van der Waals surface area (Å²) < 4.78 is 22.9. The zero-order valence-corrected chi connectivity index (χ0v) is 14.3. The minimum Gasteiger partial charge on any atom is -0.497 e. The number of methoxy groups -OCH3 is 2. The van der Waals surface area contributed by atoms with E-state index in [-0.39, 0.29) is 6.04 Å². The Labute approximate surface area is 130 Å². The van der Waals surface area contributed by atoms with Gasteiger partial charge in [-0.05, 0) is 19.0 Å². The summed E-state index contributed by atoms with van der Waals surface area (Å²) in [6.45, 7) is 4.99. The summed E-state index contributed by atoms with van der Waals surface area (Å²) in [5, 5.41) is 3.40. The maximum Gasteiger partial charge on any atom is 0.127 e. The molecular weight excluding hydrogens is 286 g/mol. The van der Waals surface area contributed by atoms with Crippen LogP contribution < -0.4 is 14.8 Å². The number of hydrogen-bond donors (Lipinski definition) is 1. The van der Waals surface area contributed by atoms with Gasteiger partial charge in [0.2, 0.25) is 0 Å². The Morgan fingerprint density at radius 2 is 2.00 bits per heavy atom. The van der Waals surface area contributed by atoms with Gasteiger partial charge in [0.1, 0.15) is 11.5 Å². The van der Waals surface area contributed by atoms with Crippen LogP contribution in [0, 0.1) is 0 Å². The molecule has 21 heavy (non-hydrogen) atoms. The second kappa shape index (κ2) is 9.79. The molecule has 0 aromatic heterocycles. The average Bonchev–Trinajstić information content (AvgIpc) is 2.51. The SMILES string of the molecule is CCCCS(=O)CC(NCC)c1ccc(OC)cc1OC. The van der Waals surface area contributed by atoms with Crippen LogP contribution in [-0.2, 0) is 10.8 Å². The summed E-state index contributed by atoms with van der Waals surface area (Å²) in [7, 11) is 2.46. The predicted octanol–water partition coefficient (Wildman–Crippen LogP) is 2.90. The van der Waals surface area contributed by atoms with Gasteiger partial charge in [-0.25, -0.2) is 0 Å². The Hall–Kier alpha value is -1.07. The van der Waals surface area contributed by atoms with Gasteiger partial charge in [0.05, 0.1) is 14.2 Å². The van der Waals surface area contributed by atoms with E-state index in [0.717, 1.165) is 42.2 Å². The van der Waals surface area contributed by atoms with Crippen molar-refractivity contribution in [3.63, 3.8) is 0 Å². The molecule has 5 heteroatoms. The van der Waals surface area contributed by atoms with Crippen LogP contribution >= 0.6 is 0 Å². The van der Waals surface area contributed by atoms with Crippen LogP contribution in [0.3, 0.4) is 0 Å². The largest absolute Gasteiger partial charge is 0.497 e. The molecule has 0 aliphatic rings. The zero-order chi connectivity index (χ0) is 15.7. The molecule has 2 atom stereocenters. The van der Waals surface area contributed by atoms with Crippen LogP contribution in [0.4, 0.5) is 0 Å². The summed E-state index contributed by atoms with van der Waals surface area (Å²) in [6.07, 6.45) is 2.08. The fourth-order valence-corrected chi connectivity index (χ4v) is 3.63. The molecule has 0 amide bonds. The summed E-state index contributed by atoms with van der Waals surface area (Å²) in [5.41, 5.74) is 1.03. The van der Waals surface area contributed by atoms with Gasteiger partial charge in [-0.3, -0.25) is 4.21 Å². The van der Waals surface area contributed by atoms with Crippen molar-refractivity contribution in [2.24, 2.45) is 0 Å². The van der Waals surface area contributed by atoms with Gasteiger partial charge in [-0.15, -0.1) is 0 Å². The molecule has 120 valence electrons. The van der Waals surface area contributed by atoms with Gasteiger partial charge in [0.25, 0.3) is 0 Å². The van der Waals surface area contributed by atoms with Crippen molar-refractivity contribution in [2.45, 2.75) is 32.7 Å². The van der Waals surface area contributed by atoms with E-state index in [1.54, 1.807) is 14.2 Å². The van der Waals surface area contributed by atoms with Gasteiger partial charge >= 0.3 is 0 Å². The maximum absolute atomic E-state index is 12.2. The molecule has 1 aromatic rings. The third kappa shape index (κ3) is 5.67. The van der Waals surface area contributed by atoms with E-state index < -0.39 is 10.8 Å². The van der Waals surface area contributed by atoms with Crippen LogP contribution in [-0.4, -0.2) is 36.5 Å². The molecule has 0 spiro atoms. The Morgan fingerprint density at radius 1 is 1.24 bits per heavy atom. The highest BCUT2D eigenvalue weighted by Gasteiger charge is 2.18. The molecule has 1 aromatic carbocycles. The van der Waals surface area contributed by atoms with Crippen LogP contribution in [0.15, 0.2) is 18.2 Å². The highest BCUT2D eigenvalue weighted by molar-refractivity contribution is 7.85. The lowest BCUT2D eigenvalue weighted by atomic mass is 10.1. The topological polar surface area (TPSA) is 47.6 Å². The highest BCUT2D eigenvalue weighted by atomic mass is 32.2. The molecule has 0 saturated heterocycles. The monoisotopic (exact) mass is 313 g/mol. The smallest absolute Gasteiger partial charge is 0.127 e. The van der Waals surface area contributed by atoms with Crippen LogP contribution in [0.1, 0.15) is 38.3 Å². The Kier molecular flexibility index (Phi) is 8.38. The van der Waals surface area contributed by atoms with Gasteiger partial charge < -0.3 is 14.8 Å². The van der Waals surface area contributed by atoms with Crippen molar-refractivity contribution < 1.29 is 13.7 Å². The lowest BCUT2D eigenvalue weighted by molar-refractivity contribution is 0.386. The average molecular weight is 313 g/mol. The van der Waals surface area contributed by atoms with E-state index in [9.17, 15) is 4.21 Å². The van der Waals surface area contributed by atoms with E-state index in [0.29, 0.717) is 5.75 Å². The van der Waals surface area contributed by atoms with Gasteiger partial charge in [0, 0.05) is 40.0 Å². The van der Waals surface area contributed by atoms with Crippen LogP contribution in [0.25, 0.3) is 0 Å². The second-order valence-electron chi connectivity index (χ2n) is 4.88. The number of benzene rings is 1. The van der Waals surface area contributed by atoms with E-state index >= 15 is 0 Å². The molecule has 0 aliphatic carbocycles. The van der Waals surface area contributed by atoms with Gasteiger partial charge in [-0.2, -0.15) is 0 Å². The number of unbranched alkanes of at least 4 members (excludes halogenated alkanes) is 1. The summed E-state index contributed by atoms with van der Waals surface area (Å²) in [5.74, 6) is 2.90. The number of ether oxygens (including phenoxy) is 2. The summed E-state index contributed by atoms with van der Waals surface area (Å²) in [4.78, 5) is 0.